The van der Waals surface area contributed by atoms with Crippen molar-refractivity contribution >= 4 is 17.7 Å². The molecule has 0 radical (unpaired) electrons. The summed E-state index contributed by atoms with van der Waals surface area (Å²) in [6.45, 7) is 3.21. The van der Waals surface area contributed by atoms with Gasteiger partial charge in [0.2, 0.25) is 5.91 Å². The van der Waals surface area contributed by atoms with E-state index in [-0.39, 0.29) is 5.91 Å². The molecule has 2 aromatic carbocycles. The predicted octanol–water partition coefficient (Wildman–Crippen LogP) is 4.73. The number of benzene rings is 2. The molecule has 196 valence electrons. The molecule has 3 heterocycles. The summed E-state index contributed by atoms with van der Waals surface area (Å²) in [5.41, 5.74) is 3.35. The monoisotopic (exact) mass is 521 g/mol. The zero-order valence-electron chi connectivity index (χ0n) is 21.6. The quantitative estimate of drug-likeness (QED) is 0.408. The summed E-state index contributed by atoms with van der Waals surface area (Å²) >= 11 is 1.75. The topological polar surface area (TPSA) is 76.8 Å². The first-order valence-electron chi connectivity index (χ1n) is 13.0. The van der Waals surface area contributed by atoms with Crippen molar-refractivity contribution in [2.24, 2.45) is 11.8 Å². The largest absolute Gasteiger partial charge is 0.493 e. The van der Waals surface area contributed by atoms with Gasteiger partial charge in [-0.1, -0.05) is 23.4 Å². The van der Waals surface area contributed by atoms with Crippen molar-refractivity contribution in [2.75, 3.05) is 33.9 Å². The molecular formula is C29H35N3O4S. The Labute approximate surface area is 222 Å². The Bertz CT molecular complexity index is 1200. The highest BCUT2D eigenvalue weighted by Crippen LogP contribution is 2.34. The predicted molar refractivity (Wildman–Crippen MR) is 144 cm³/mol. The third-order valence-electron chi connectivity index (χ3n) is 7.48. The number of thioether (sulfide) groups is 1. The molecule has 1 N–H and O–H groups in total. The number of carbonyl (C=O) groups is 1. The number of amides is 1. The van der Waals surface area contributed by atoms with Crippen molar-refractivity contribution in [2.45, 2.75) is 42.9 Å². The van der Waals surface area contributed by atoms with Gasteiger partial charge in [-0.25, -0.2) is 0 Å². The lowest BCUT2D eigenvalue weighted by atomic mass is 9.80. The van der Waals surface area contributed by atoms with E-state index in [4.69, 9.17) is 14.0 Å². The van der Waals surface area contributed by atoms with E-state index in [1.165, 1.54) is 10.5 Å². The lowest BCUT2D eigenvalue weighted by Crippen LogP contribution is -2.42. The normalized spacial score (nSPS) is 19.4. The number of carbonyl (C=O) groups excluding carboxylic acids is 1. The van der Waals surface area contributed by atoms with Gasteiger partial charge in [-0.2, -0.15) is 0 Å². The van der Waals surface area contributed by atoms with Crippen LogP contribution in [-0.4, -0.2) is 49.8 Å². The van der Waals surface area contributed by atoms with E-state index in [1.54, 1.807) is 26.0 Å². The Morgan fingerprint density at radius 3 is 2.68 bits per heavy atom. The molecule has 2 aliphatic heterocycles. The van der Waals surface area contributed by atoms with Crippen molar-refractivity contribution in [3.63, 3.8) is 0 Å². The number of nitrogens with zero attached hydrogens (tertiary/aromatic N) is 2. The Kier molecular flexibility index (Phi) is 8.36. The van der Waals surface area contributed by atoms with Gasteiger partial charge in [-0.3, -0.25) is 4.79 Å². The summed E-state index contributed by atoms with van der Waals surface area (Å²) < 4.78 is 16.6. The van der Waals surface area contributed by atoms with Crippen LogP contribution in [0, 0.1) is 11.8 Å². The minimum atomic E-state index is 0.234. The second-order valence-corrected chi connectivity index (χ2v) is 10.9. The zero-order valence-corrected chi connectivity index (χ0v) is 22.4. The average molecular weight is 522 g/mol. The van der Waals surface area contributed by atoms with E-state index in [0.717, 1.165) is 67.4 Å². The SMILES string of the molecule is COc1cc2c(cc1OC)CN(C(=O)CC1CCNCC1Cc1cc(CSc3ccccc3)on1)CC2. The van der Waals surface area contributed by atoms with Gasteiger partial charge in [0, 0.05) is 30.5 Å². The molecule has 0 aliphatic carbocycles. The second-order valence-electron chi connectivity index (χ2n) is 9.85. The maximum absolute atomic E-state index is 13.4. The van der Waals surface area contributed by atoms with Crippen LogP contribution in [0.4, 0.5) is 0 Å². The van der Waals surface area contributed by atoms with Crippen LogP contribution in [0.25, 0.3) is 0 Å². The molecule has 8 heteroatoms. The summed E-state index contributed by atoms with van der Waals surface area (Å²) in [4.78, 5) is 16.6. The van der Waals surface area contributed by atoms with Crippen LogP contribution in [0.5, 0.6) is 11.5 Å². The second kappa shape index (κ2) is 12.0. The Morgan fingerprint density at radius 1 is 1.11 bits per heavy atom. The molecule has 1 amide bonds. The van der Waals surface area contributed by atoms with Crippen LogP contribution in [0.1, 0.15) is 35.4 Å². The number of hydrogen-bond acceptors (Lipinski definition) is 7. The van der Waals surface area contributed by atoms with E-state index >= 15 is 0 Å². The molecule has 0 bridgehead atoms. The molecular weight excluding hydrogens is 486 g/mol. The van der Waals surface area contributed by atoms with E-state index in [9.17, 15) is 4.79 Å². The van der Waals surface area contributed by atoms with Crippen LogP contribution in [0.15, 0.2) is 57.9 Å². The molecule has 2 atom stereocenters. The highest BCUT2D eigenvalue weighted by atomic mass is 32.2. The van der Waals surface area contributed by atoms with Gasteiger partial charge < -0.3 is 24.2 Å². The molecule has 1 aromatic heterocycles. The number of fused-ring (bicyclic) bond motifs is 1. The first-order valence-corrected chi connectivity index (χ1v) is 14.0. The molecule has 1 fully saturated rings. The standard InChI is InChI=1S/C29H35N3O4S/c1-34-27-13-21-9-11-32(18-23(21)14-28(27)35-2)29(33)15-20-8-10-30-17-22(20)12-24-16-25(36-31-24)19-37-26-6-4-3-5-7-26/h3-7,13-14,16,20,22,30H,8-12,15,17-19H2,1-2H3. The number of piperidine rings is 1. The van der Waals surface area contributed by atoms with Crippen molar-refractivity contribution in [3.05, 3.63) is 71.1 Å². The van der Waals surface area contributed by atoms with Crippen LogP contribution in [0.2, 0.25) is 0 Å². The van der Waals surface area contributed by atoms with Crippen molar-refractivity contribution < 1.29 is 18.8 Å². The minimum Gasteiger partial charge on any atom is -0.493 e. The molecule has 0 spiro atoms. The number of nitrogens with one attached hydrogen (secondary N) is 1. The van der Waals surface area contributed by atoms with Crippen molar-refractivity contribution in [1.82, 2.24) is 15.4 Å². The summed E-state index contributed by atoms with van der Waals surface area (Å²) in [7, 11) is 3.30. The van der Waals surface area contributed by atoms with Gasteiger partial charge >= 0.3 is 0 Å². The molecule has 2 unspecified atom stereocenters. The smallest absolute Gasteiger partial charge is 0.223 e. The highest BCUT2D eigenvalue weighted by molar-refractivity contribution is 7.98. The van der Waals surface area contributed by atoms with Gasteiger partial charge in [-0.05, 0) is 79.6 Å². The van der Waals surface area contributed by atoms with E-state index < -0.39 is 0 Å². The maximum Gasteiger partial charge on any atom is 0.223 e. The fraction of sp³-hybridized carbons (Fsp3) is 0.448. The third-order valence-corrected chi connectivity index (χ3v) is 8.51. The molecule has 0 saturated carbocycles. The van der Waals surface area contributed by atoms with Crippen LogP contribution in [-0.2, 0) is 29.9 Å². The Balaban J connectivity index is 1.18. The average Bonchev–Trinajstić information content (AvgIpc) is 3.39. The van der Waals surface area contributed by atoms with Gasteiger partial charge in [0.05, 0.1) is 25.7 Å². The molecule has 1 saturated heterocycles. The zero-order chi connectivity index (χ0) is 25.6. The lowest BCUT2D eigenvalue weighted by molar-refractivity contribution is -0.133. The highest BCUT2D eigenvalue weighted by Gasteiger charge is 2.31. The molecule has 2 aliphatic rings. The number of ether oxygens (including phenoxy) is 2. The first-order chi connectivity index (χ1) is 18.1. The van der Waals surface area contributed by atoms with Crippen LogP contribution in [0.3, 0.4) is 0 Å². The molecule has 7 nitrogen and oxygen atoms in total. The van der Waals surface area contributed by atoms with Gasteiger partial charge in [0.15, 0.2) is 11.5 Å². The van der Waals surface area contributed by atoms with Crippen LogP contribution < -0.4 is 14.8 Å². The van der Waals surface area contributed by atoms with Gasteiger partial charge in [0.1, 0.15) is 5.76 Å². The number of aromatic nitrogens is 1. The lowest BCUT2D eigenvalue weighted by Gasteiger charge is -2.35. The van der Waals surface area contributed by atoms with Gasteiger partial charge in [0.25, 0.3) is 0 Å². The Morgan fingerprint density at radius 2 is 1.89 bits per heavy atom. The summed E-state index contributed by atoms with van der Waals surface area (Å²) in [6, 6.07) is 16.4. The van der Waals surface area contributed by atoms with Crippen LogP contribution >= 0.6 is 11.8 Å². The molecule has 5 rings (SSSR count). The number of hydrogen-bond donors (Lipinski definition) is 1. The summed E-state index contributed by atoms with van der Waals surface area (Å²) in [5.74, 6) is 4.03. The summed E-state index contributed by atoms with van der Waals surface area (Å²) in [5, 5.41) is 7.86. The summed E-state index contributed by atoms with van der Waals surface area (Å²) in [6.07, 6.45) is 3.23. The van der Waals surface area contributed by atoms with E-state index in [2.05, 4.69) is 28.7 Å². The van der Waals surface area contributed by atoms with E-state index in [1.807, 2.05) is 35.2 Å². The number of rotatable bonds is 9. The fourth-order valence-electron chi connectivity index (χ4n) is 5.39. The fourth-order valence-corrected chi connectivity index (χ4v) is 6.19. The molecule has 37 heavy (non-hydrogen) atoms. The van der Waals surface area contributed by atoms with Gasteiger partial charge in [-0.15, -0.1) is 11.8 Å². The van der Waals surface area contributed by atoms with Crippen molar-refractivity contribution in [1.29, 1.82) is 0 Å². The van der Waals surface area contributed by atoms with E-state index in [0.29, 0.717) is 30.6 Å². The third kappa shape index (κ3) is 6.30. The first kappa shape index (κ1) is 25.7. The molecule has 3 aromatic rings. The minimum absolute atomic E-state index is 0.234. The van der Waals surface area contributed by atoms with Crippen molar-refractivity contribution in [3.8, 4) is 11.5 Å². The number of methoxy groups -OCH3 is 2. The Hall–Kier alpha value is -2.97. The maximum atomic E-state index is 13.4.